The topological polar surface area (TPSA) is 83.3 Å². The van der Waals surface area contributed by atoms with Gasteiger partial charge in [-0.25, -0.2) is 9.69 Å². The Kier molecular flexibility index (Phi) is 7.29. The number of barbiturate groups is 1. The van der Waals surface area contributed by atoms with Crippen LogP contribution in [0.1, 0.15) is 20.3 Å². The van der Waals surface area contributed by atoms with Crippen molar-refractivity contribution in [3.05, 3.63) is 29.3 Å². The molecular weight excluding hydrogens is 356 g/mol. The van der Waals surface area contributed by atoms with E-state index in [1.54, 1.807) is 24.3 Å². The number of hydrogen-bond acceptors (Lipinski definition) is 4. The molecule has 1 aliphatic rings. The first-order chi connectivity index (χ1) is 12.5. The molecule has 1 aromatic carbocycles. The third-order valence-electron chi connectivity index (χ3n) is 4.37. The summed E-state index contributed by atoms with van der Waals surface area (Å²) in [6, 6.07) is 5.68. The summed E-state index contributed by atoms with van der Waals surface area (Å²) < 4.78 is 0. The highest BCUT2D eigenvalue weighted by atomic mass is 35.5. The third-order valence-corrected chi connectivity index (χ3v) is 4.69. The first-order valence-electron chi connectivity index (χ1n) is 8.76. The zero-order valence-electron chi connectivity index (χ0n) is 15.0. The average Bonchev–Trinajstić information content (AvgIpc) is 2.62. The lowest BCUT2D eigenvalue weighted by Gasteiger charge is -2.29. The number of quaternary nitrogens is 1. The van der Waals surface area contributed by atoms with Crippen LogP contribution in [0.15, 0.2) is 29.3 Å². The molecule has 140 valence electrons. The fourth-order valence-corrected chi connectivity index (χ4v) is 3.01. The third kappa shape index (κ3) is 4.68. The smallest absolute Gasteiger partial charge is 0.335 e. The maximum atomic E-state index is 12.7. The van der Waals surface area contributed by atoms with Gasteiger partial charge >= 0.3 is 6.03 Å². The lowest BCUT2D eigenvalue weighted by molar-refractivity contribution is -0.896. The van der Waals surface area contributed by atoms with Gasteiger partial charge in [0.1, 0.15) is 0 Å². The Morgan fingerprint density at radius 2 is 1.92 bits per heavy atom. The molecule has 2 N–H and O–H groups in total. The number of benzene rings is 1. The fraction of sp³-hybridized carbons (Fsp3) is 0.444. The molecule has 1 aliphatic heterocycles. The highest BCUT2D eigenvalue weighted by Crippen LogP contribution is 2.28. The molecule has 1 atom stereocenters. The summed E-state index contributed by atoms with van der Waals surface area (Å²) in [6.07, 6.45) is 2.19. The second-order valence-electron chi connectivity index (χ2n) is 6.01. The van der Waals surface area contributed by atoms with Crippen LogP contribution >= 0.6 is 11.6 Å². The Hall–Kier alpha value is -2.25. The lowest BCUT2D eigenvalue weighted by atomic mass is 10.1. The number of aliphatic imine (C=N–C) groups is 1. The van der Waals surface area contributed by atoms with Crippen molar-refractivity contribution >= 4 is 41.3 Å². The number of hydrogen-bond donors (Lipinski definition) is 2. The first-order valence-corrected chi connectivity index (χ1v) is 9.14. The van der Waals surface area contributed by atoms with Crippen molar-refractivity contribution in [3.63, 3.8) is 0 Å². The summed E-state index contributed by atoms with van der Waals surface area (Å²) in [7, 11) is 0. The van der Waals surface area contributed by atoms with Gasteiger partial charge in [0.15, 0.2) is 5.92 Å². The number of carbonyl (C=O) groups is 3. The van der Waals surface area contributed by atoms with Gasteiger partial charge in [0.25, 0.3) is 5.91 Å². The van der Waals surface area contributed by atoms with E-state index in [-0.39, 0.29) is 10.7 Å². The minimum atomic E-state index is -1.13. The highest BCUT2D eigenvalue weighted by molar-refractivity contribution is 6.38. The fourth-order valence-electron chi connectivity index (χ4n) is 2.79. The molecular formula is C18H24ClN4O3+. The molecule has 2 rings (SSSR count). The first kappa shape index (κ1) is 20.1. The van der Waals surface area contributed by atoms with Gasteiger partial charge in [-0.1, -0.05) is 23.7 Å². The molecule has 1 fully saturated rings. The Balaban J connectivity index is 2.05. The van der Waals surface area contributed by atoms with E-state index in [4.69, 9.17) is 11.6 Å². The van der Waals surface area contributed by atoms with Crippen LogP contribution in [0, 0.1) is 5.92 Å². The monoisotopic (exact) mass is 379 g/mol. The van der Waals surface area contributed by atoms with E-state index in [1.807, 2.05) is 0 Å². The predicted molar refractivity (Wildman–Crippen MR) is 101 cm³/mol. The summed E-state index contributed by atoms with van der Waals surface area (Å²) in [5.41, 5.74) is 0.243. The molecule has 0 bridgehead atoms. The molecule has 0 aromatic heterocycles. The number of nitrogens with zero attached hydrogens (tertiary/aromatic N) is 2. The Morgan fingerprint density at radius 3 is 2.58 bits per heavy atom. The number of halogens is 1. The molecule has 0 spiro atoms. The second kappa shape index (κ2) is 9.45. The van der Waals surface area contributed by atoms with E-state index >= 15 is 0 Å². The van der Waals surface area contributed by atoms with Gasteiger partial charge in [-0.15, -0.1) is 0 Å². The molecule has 1 unspecified atom stereocenters. The zero-order chi connectivity index (χ0) is 19.1. The van der Waals surface area contributed by atoms with E-state index in [1.165, 1.54) is 11.1 Å². The van der Waals surface area contributed by atoms with Gasteiger partial charge in [0, 0.05) is 19.2 Å². The van der Waals surface area contributed by atoms with E-state index < -0.39 is 23.8 Å². The number of urea groups is 1. The van der Waals surface area contributed by atoms with Crippen molar-refractivity contribution in [1.29, 1.82) is 0 Å². The largest absolute Gasteiger partial charge is 0.335 e. The average molecular weight is 380 g/mol. The number of nitrogens with one attached hydrogen (secondary N) is 2. The molecule has 1 heterocycles. The predicted octanol–water partition coefficient (Wildman–Crippen LogP) is 0.925. The van der Waals surface area contributed by atoms with Crippen LogP contribution in [0.2, 0.25) is 5.02 Å². The molecule has 1 aromatic rings. The van der Waals surface area contributed by atoms with Gasteiger partial charge in [-0.05, 0) is 26.0 Å². The van der Waals surface area contributed by atoms with Crippen molar-refractivity contribution in [2.75, 3.05) is 31.1 Å². The zero-order valence-corrected chi connectivity index (χ0v) is 15.8. The molecule has 8 heteroatoms. The molecule has 1 saturated heterocycles. The van der Waals surface area contributed by atoms with Gasteiger partial charge in [-0.3, -0.25) is 19.9 Å². The van der Waals surface area contributed by atoms with E-state index in [0.29, 0.717) is 6.54 Å². The summed E-state index contributed by atoms with van der Waals surface area (Å²) in [4.78, 5) is 43.4. The Labute approximate surface area is 158 Å². The number of amides is 4. The Bertz CT molecular complexity index is 703. The van der Waals surface area contributed by atoms with Crippen molar-refractivity contribution in [2.45, 2.75) is 20.3 Å². The molecule has 0 radical (unpaired) electrons. The summed E-state index contributed by atoms with van der Waals surface area (Å²) >= 11 is 6.08. The number of anilines is 1. The maximum Gasteiger partial charge on any atom is 0.335 e. The van der Waals surface area contributed by atoms with Crippen molar-refractivity contribution in [1.82, 2.24) is 5.32 Å². The number of carbonyl (C=O) groups excluding carboxylic acids is 3. The van der Waals surface area contributed by atoms with Crippen LogP contribution in [0.25, 0.3) is 0 Å². The number of para-hydroxylation sites is 1. The van der Waals surface area contributed by atoms with Gasteiger partial charge < -0.3 is 4.90 Å². The maximum absolute atomic E-state index is 12.7. The number of rotatable bonds is 8. The minimum absolute atomic E-state index is 0.243. The van der Waals surface area contributed by atoms with Crippen LogP contribution < -0.4 is 15.1 Å². The van der Waals surface area contributed by atoms with Crippen LogP contribution in [0.4, 0.5) is 10.5 Å². The van der Waals surface area contributed by atoms with E-state index in [2.05, 4.69) is 24.2 Å². The van der Waals surface area contributed by atoms with Gasteiger partial charge in [0.05, 0.1) is 30.3 Å². The molecule has 4 amide bonds. The van der Waals surface area contributed by atoms with Crippen molar-refractivity contribution in [3.8, 4) is 0 Å². The Morgan fingerprint density at radius 1 is 1.23 bits per heavy atom. The molecule has 0 saturated carbocycles. The van der Waals surface area contributed by atoms with E-state index in [0.717, 1.165) is 31.0 Å². The minimum Gasteiger partial charge on any atom is -0.335 e. The standard InChI is InChI=1S/C18H23ClN4O3/c1-3-22(4-2)11-7-10-20-12-13-16(24)21-18(26)23(17(13)25)15-9-6-5-8-14(15)19/h5-6,8-9,12-13H,3-4,7,10-11H2,1-2H3,(H,21,24,26)/p+1. The summed E-state index contributed by atoms with van der Waals surface area (Å²) in [5, 5.41) is 2.44. The van der Waals surface area contributed by atoms with Gasteiger partial charge in [0.2, 0.25) is 5.91 Å². The van der Waals surface area contributed by atoms with E-state index in [9.17, 15) is 14.4 Å². The molecule has 0 aliphatic carbocycles. The summed E-state index contributed by atoms with van der Waals surface area (Å²) in [5.74, 6) is -2.45. The molecule has 7 nitrogen and oxygen atoms in total. The second-order valence-corrected chi connectivity index (χ2v) is 6.42. The number of imide groups is 2. The molecule has 26 heavy (non-hydrogen) atoms. The van der Waals surface area contributed by atoms with Crippen LogP contribution in [-0.2, 0) is 9.59 Å². The van der Waals surface area contributed by atoms with Gasteiger partial charge in [-0.2, -0.15) is 0 Å². The lowest BCUT2D eigenvalue weighted by Crippen LogP contribution is -3.11. The quantitative estimate of drug-likeness (QED) is 0.400. The summed E-state index contributed by atoms with van der Waals surface area (Å²) in [6.45, 7) is 7.89. The van der Waals surface area contributed by atoms with Crippen LogP contribution in [0.5, 0.6) is 0 Å². The van der Waals surface area contributed by atoms with Crippen molar-refractivity contribution in [2.24, 2.45) is 10.9 Å². The van der Waals surface area contributed by atoms with Crippen molar-refractivity contribution < 1.29 is 19.3 Å². The van der Waals surface area contributed by atoms with Crippen LogP contribution in [0.3, 0.4) is 0 Å². The SMILES string of the molecule is CC[NH+](CC)CCCN=CC1C(=O)NC(=O)N(c2ccccc2Cl)C1=O. The van der Waals surface area contributed by atoms with Crippen LogP contribution in [-0.4, -0.2) is 50.2 Å². The normalized spacial score (nSPS) is 18.1. The highest BCUT2D eigenvalue weighted by Gasteiger charge is 2.41.